The summed E-state index contributed by atoms with van der Waals surface area (Å²) in [5.74, 6) is -3.93. The summed E-state index contributed by atoms with van der Waals surface area (Å²) < 4.78 is 0. The predicted octanol–water partition coefficient (Wildman–Crippen LogP) is 5.43. The summed E-state index contributed by atoms with van der Waals surface area (Å²) in [5.41, 5.74) is -3.81. The molecule has 0 heterocycles. The summed E-state index contributed by atoms with van der Waals surface area (Å²) in [4.78, 5) is 88.7. The molecule has 42 heavy (non-hydrogen) atoms. The molecule has 6 nitrogen and oxygen atoms in total. The van der Waals surface area contributed by atoms with Crippen molar-refractivity contribution < 1.29 is 28.8 Å². The van der Waals surface area contributed by atoms with Gasteiger partial charge in [0.05, 0.1) is 0 Å². The second-order valence-electron chi connectivity index (χ2n) is 11.2. The van der Waals surface area contributed by atoms with Gasteiger partial charge in [0.25, 0.3) is 0 Å². The first-order valence-corrected chi connectivity index (χ1v) is 13.5. The number of carbonyl (C=O) groups excluding carboxylic acids is 6. The molecule has 196 valence electrons. The molecule has 5 aliphatic carbocycles. The highest BCUT2D eigenvalue weighted by molar-refractivity contribution is 6.53. The van der Waals surface area contributed by atoms with Crippen molar-refractivity contribution in [3.63, 3.8) is 0 Å². The van der Waals surface area contributed by atoms with Crippen LogP contribution in [0.3, 0.4) is 0 Å². The maximum Gasteiger partial charge on any atom is 0.194 e. The fraction of sp³-hybridized carbons (Fsp3) is 0.0556. The van der Waals surface area contributed by atoms with Gasteiger partial charge in [0.15, 0.2) is 34.7 Å². The third kappa shape index (κ3) is 2.09. The van der Waals surface area contributed by atoms with Gasteiger partial charge in [-0.15, -0.1) is 0 Å². The number of Topliss-reactive ketones (excluding diaryl/α,β-unsaturated/α-hetero) is 6. The predicted molar refractivity (Wildman–Crippen MR) is 150 cm³/mol. The first kappa shape index (κ1) is 23.1. The number of ketones is 6. The maximum atomic E-state index is 15.1. The van der Waals surface area contributed by atoms with E-state index < -0.39 is 45.5 Å². The molecular formula is C36H16O6. The number of benzene rings is 4. The van der Waals surface area contributed by atoms with Crippen LogP contribution in [0.25, 0.3) is 11.1 Å². The Kier molecular flexibility index (Phi) is 3.95. The molecule has 0 unspecified atom stereocenters. The highest BCUT2D eigenvalue weighted by atomic mass is 16.2. The maximum absolute atomic E-state index is 15.1. The summed E-state index contributed by atoms with van der Waals surface area (Å²) in [6.45, 7) is 0. The first-order chi connectivity index (χ1) is 20.4. The van der Waals surface area contributed by atoms with Gasteiger partial charge in [-0.1, -0.05) is 97.1 Å². The van der Waals surface area contributed by atoms with Crippen LogP contribution in [0.1, 0.15) is 73.3 Å². The van der Waals surface area contributed by atoms with E-state index in [1.807, 2.05) is 0 Å². The smallest absolute Gasteiger partial charge is 0.194 e. The Labute approximate surface area is 238 Å². The van der Waals surface area contributed by atoms with Crippen molar-refractivity contribution in [2.45, 2.75) is 0 Å². The van der Waals surface area contributed by atoms with Gasteiger partial charge in [0, 0.05) is 44.5 Å². The van der Waals surface area contributed by atoms with Crippen molar-refractivity contribution in [3.8, 4) is 0 Å². The topological polar surface area (TPSA) is 102 Å². The molecule has 4 aromatic carbocycles. The fourth-order valence-electron chi connectivity index (χ4n) is 8.10. The van der Waals surface area contributed by atoms with Crippen molar-refractivity contribution in [1.29, 1.82) is 0 Å². The van der Waals surface area contributed by atoms with E-state index in [1.54, 1.807) is 72.8 Å². The zero-order valence-electron chi connectivity index (χ0n) is 21.7. The third-order valence-corrected chi connectivity index (χ3v) is 9.59. The molecule has 0 aromatic heterocycles. The molecule has 0 amide bonds. The van der Waals surface area contributed by atoms with E-state index in [-0.39, 0.29) is 66.8 Å². The number of hydrogen-bond donors (Lipinski definition) is 0. The summed E-state index contributed by atoms with van der Waals surface area (Å²) in [6.07, 6.45) is 0. The normalized spacial score (nSPS) is 19.9. The standard InChI is InChI=1S/C36H16O6/c37-29-19-11-3-1-9-17(19)27-25(29)26-28(18-10-2-4-12-20(18)30(26)38)36(33(41)23-15-7-8-16-24(23)34(36)42)35(27)31(39)21-13-5-6-14-22(21)32(35)40/h1-16H. The number of rotatable bonds is 0. The Morgan fingerprint density at radius 2 is 0.548 bits per heavy atom. The molecule has 0 atom stereocenters. The van der Waals surface area contributed by atoms with Crippen molar-refractivity contribution in [2.24, 2.45) is 10.8 Å². The second-order valence-corrected chi connectivity index (χ2v) is 11.2. The molecule has 0 saturated heterocycles. The molecule has 6 heteroatoms. The minimum absolute atomic E-state index is 0.0243. The third-order valence-electron chi connectivity index (χ3n) is 9.59. The lowest BCUT2D eigenvalue weighted by Crippen LogP contribution is -2.59. The molecule has 5 aliphatic rings. The number of hydrogen-bond acceptors (Lipinski definition) is 6. The van der Waals surface area contributed by atoms with Crippen molar-refractivity contribution in [2.75, 3.05) is 0 Å². The molecule has 2 spiro atoms. The lowest BCUT2D eigenvalue weighted by atomic mass is 9.47. The summed E-state index contributed by atoms with van der Waals surface area (Å²) in [5, 5.41) is 0. The Balaban J connectivity index is 1.56. The van der Waals surface area contributed by atoms with E-state index in [0.29, 0.717) is 0 Å². The van der Waals surface area contributed by atoms with E-state index in [4.69, 9.17) is 0 Å². The van der Waals surface area contributed by atoms with Gasteiger partial charge in [-0.25, -0.2) is 0 Å². The van der Waals surface area contributed by atoms with Crippen LogP contribution in [0.5, 0.6) is 0 Å². The van der Waals surface area contributed by atoms with Crippen molar-refractivity contribution >= 4 is 45.8 Å². The fourth-order valence-corrected chi connectivity index (χ4v) is 8.10. The number of carbonyl (C=O) groups is 6. The van der Waals surface area contributed by atoms with E-state index in [0.717, 1.165) is 0 Å². The Morgan fingerprint density at radius 3 is 0.833 bits per heavy atom. The van der Waals surface area contributed by atoms with Gasteiger partial charge >= 0.3 is 0 Å². The minimum atomic E-state index is -2.43. The molecule has 0 fully saturated rings. The lowest BCUT2D eigenvalue weighted by Gasteiger charge is -2.46. The molecule has 4 aromatic rings. The van der Waals surface area contributed by atoms with Crippen LogP contribution in [0, 0.1) is 10.8 Å². The quantitative estimate of drug-likeness (QED) is 0.274. The molecule has 0 N–H and O–H groups in total. The molecule has 0 radical (unpaired) electrons. The Morgan fingerprint density at radius 1 is 0.310 bits per heavy atom. The van der Waals surface area contributed by atoms with Crippen molar-refractivity contribution in [3.05, 3.63) is 153 Å². The molecule has 9 rings (SSSR count). The average Bonchev–Trinajstić information content (AvgIpc) is 3.64. The minimum Gasteiger partial charge on any atom is -0.293 e. The van der Waals surface area contributed by atoms with E-state index in [1.165, 1.54) is 24.3 Å². The molecule has 0 aliphatic heterocycles. The monoisotopic (exact) mass is 544 g/mol. The van der Waals surface area contributed by atoms with Crippen LogP contribution in [-0.2, 0) is 0 Å². The van der Waals surface area contributed by atoms with Gasteiger partial charge in [0.2, 0.25) is 0 Å². The second kappa shape index (κ2) is 7.17. The van der Waals surface area contributed by atoms with Gasteiger partial charge in [0.1, 0.15) is 10.8 Å². The van der Waals surface area contributed by atoms with Crippen LogP contribution in [0.2, 0.25) is 0 Å². The van der Waals surface area contributed by atoms with Crippen LogP contribution in [0.15, 0.2) is 108 Å². The van der Waals surface area contributed by atoms with E-state index in [9.17, 15) is 9.59 Å². The Hall–Kier alpha value is -5.62. The zero-order valence-corrected chi connectivity index (χ0v) is 21.7. The summed E-state index contributed by atoms with van der Waals surface area (Å²) >= 11 is 0. The zero-order chi connectivity index (χ0) is 28.7. The lowest BCUT2D eigenvalue weighted by molar-refractivity contribution is 0.0496. The molecule has 0 saturated carbocycles. The van der Waals surface area contributed by atoms with Gasteiger partial charge < -0.3 is 0 Å². The van der Waals surface area contributed by atoms with Crippen LogP contribution >= 0.6 is 0 Å². The van der Waals surface area contributed by atoms with Gasteiger partial charge in [-0.3, -0.25) is 28.8 Å². The largest absolute Gasteiger partial charge is 0.293 e. The van der Waals surface area contributed by atoms with Crippen LogP contribution < -0.4 is 0 Å². The van der Waals surface area contributed by atoms with E-state index in [2.05, 4.69) is 0 Å². The summed E-state index contributed by atoms with van der Waals surface area (Å²) in [6, 6.07) is 25.6. The molecular weight excluding hydrogens is 528 g/mol. The number of allylic oxidation sites excluding steroid dienone is 4. The number of fused-ring (bicyclic) bond motifs is 10. The highest BCUT2D eigenvalue weighted by Crippen LogP contribution is 2.72. The molecule has 0 bridgehead atoms. The van der Waals surface area contributed by atoms with Gasteiger partial charge in [-0.05, 0) is 22.3 Å². The highest BCUT2D eigenvalue weighted by Gasteiger charge is 2.80. The first-order valence-electron chi connectivity index (χ1n) is 13.5. The van der Waals surface area contributed by atoms with Crippen LogP contribution in [0.4, 0.5) is 0 Å². The van der Waals surface area contributed by atoms with E-state index >= 15 is 19.2 Å². The van der Waals surface area contributed by atoms with Crippen LogP contribution in [-0.4, -0.2) is 34.7 Å². The van der Waals surface area contributed by atoms with Crippen molar-refractivity contribution in [1.82, 2.24) is 0 Å². The average molecular weight is 545 g/mol. The Bertz CT molecular complexity index is 1980. The van der Waals surface area contributed by atoms with Gasteiger partial charge in [-0.2, -0.15) is 0 Å². The summed E-state index contributed by atoms with van der Waals surface area (Å²) in [7, 11) is 0. The SMILES string of the molecule is O=C1C2=C(c3ccccc31)C1(C(=O)c3ccccc3C1=O)C1(C(=O)c3ccccc3C1=O)C1=C2C(=O)c2ccccc21.